The number of aromatic nitrogens is 1. The van der Waals surface area contributed by atoms with Crippen LogP contribution < -0.4 is 4.90 Å². The van der Waals surface area contributed by atoms with Gasteiger partial charge in [0.1, 0.15) is 6.04 Å². The molecular formula is C11H16N2O2S. The van der Waals surface area contributed by atoms with Crippen LogP contribution >= 0.6 is 11.3 Å². The highest BCUT2D eigenvalue weighted by Gasteiger charge is 2.32. The van der Waals surface area contributed by atoms with Gasteiger partial charge in [-0.2, -0.15) is 0 Å². The molecule has 1 saturated heterocycles. The van der Waals surface area contributed by atoms with Crippen LogP contribution in [0.15, 0.2) is 6.20 Å². The zero-order valence-corrected chi connectivity index (χ0v) is 10.3. The molecule has 0 amide bonds. The van der Waals surface area contributed by atoms with E-state index in [1.807, 2.05) is 11.1 Å². The molecule has 0 bridgehead atoms. The molecule has 1 unspecified atom stereocenters. The predicted octanol–water partition coefficient (Wildman–Crippen LogP) is 2.32. The number of aliphatic carboxylic acids is 1. The minimum atomic E-state index is -0.737. The minimum Gasteiger partial charge on any atom is -0.480 e. The Morgan fingerprint density at radius 2 is 2.44 bits per heavy atom. The van der Waals surface area contributed by atoms with Crippen molar-refractivity contribution in [3.63, 3.8) is 0 Å². The van der Waals surface area contributed by atoms with Gasteiger partial charge in [0.15, 0.2) is 5.13 Å². The van der Waals surface area contributed by atoms with Crippen molar-refractivity contribution >= 4 is 22.4 Å². The van der Waals surface area contributed by atoms with E-state index in [1.54, 1.807) is 11.3 Å². The first-order valence-corrected chi connectivity index (χ1v) is 6.36. The second-order valence-corrected chi connectivity index (χ2v) is 5.43. The van der Waals surface area contributed by atoms with Gasteiger partial charge in [0.25, 0.3) is 0 Å². The quantitative estimate of drug-likeness (QED) is 0.881. The van der Waals surface area contributed by atoms with E-state index in [-0.39, 0.29) is 6.04 Å². The fraction of sp³-hybridized carbons (Fsp3) is 0.636. The van der Waals surface area contributed by atoms with Crippen LogP contribution in [-0.4, -0.2) is 28.6 Å². The smallest absolute Gasteiger partial charge is 0.326 e. The Morgan fingerprint density at radius 3 is 3.00 bits per heavy atom. The van der Waals surface area contributed by atoms with Crippen LogP contribution in [-0.2, 0) is 4.79 Å². The number of hydrogen-bond donors (Lipinski definition) is 1. The largest absolute Gasteiger partial charge is 0.480 e. The van der Waals surface area contributed by atoms with Crippen LogP contribution in [0.2, 0.25) is 0 Å². The van der Waals surface area contributed by atoms with Gasteiger partial charge in [-0.15, -0.1) is 11.3 Å². The zero-order valence-electron chi connectivity index (χ0n) is 9.51. The summed E-state index contributed by atoms with van der Waals surface area (Å²) in [5.41, 5.74) is 0. The number of rotatable bonds is 3. The van der Waals surface area contributed by atoms with Gasteiger partial charge in [-0.3, -0.25) is 0 Å². The highest BCUT2D eigenvalue weighted by molar-refractivity contribution is 7.15. The van der Waals surface area contributed by atoms with Crippen LogP contribution in [0.3, 0.4) is 0 Å². The molecule has 2 heterocycles. The molecule has 1 aromatic rings. The van der Waals surface area contributed by atoms with Crippen molar-refractivity contribution in [2.75, 3.05) is 11.4 Å². The maximum Gasteiger partial charge on any atom is 0.326 e. The molecule has 1 N–H and O–H groups in total. The number of nitrogens with zero attached hydrogens (tertiary/aromatic N) is 2. The highest BCUT2D eigenvalue weighted by atomic mass is 32.1. The molecule has 0 radical (unpaired) electrons. The molecule has 2 rings (SSSR count). The molecule has 1 aromatic heterocycles. The molecule has 1 aliphatic heterocycles. The van der Waals surface area contributed by atoms with Gasteiger partial charge in [0, 0.05) is 17.6 Å². The van der Waals surface area contributed by atoms with E-state index in [0.29, 0.717) is 5.92 Å². The van der Waals surface area contributed by atoms with Gasteiger partial charge in [0.05, 0.1) is 0 Å². The Kier molecular flexibility index (Phi) is 3.14. The minimum absolute atomic E-state index is 0.383. The maximum absolute atomic E-state index is 11.1. The molecule has 0 aliphatic carbocycles. The first-order valence-electron chi connectivity index (χ1n) is 5.54. The van der Waals surface area contributed by atoms with Crippen molar-refractivity contribution in [3.05, 3.63) is 11.1 Å². The summed E-state index contributed by atoms with van der Waals surface area (Å²) in [6.07, 6.45) is 3.53. The van der Waals surface area contributed by atoms with Crippen molar-refractivity contribution in [2.45, 2.75) is 38.6 Å². The van der Waals surface area contributed by atoms with Crippen LogP contribution in [0, 0.1) is 0 Å². The molecule has 0 spiro atoms. The standard InChI is InChI=1S/C11H16N2O2S/c1-7(2)9-6-12-11(16-9)13-5-3-4-8(13)10(14)15/h6-8H,3-5H2,1-2H3,(H,14,15). The number of carboxylic acid groups (broad SMARTS) is 1. The number of carboxylic acids is 1. The van der Waals surface area contributed by atoms with Gasteiger partial charge >= 0.3 is 5.97 Å². The molecule has 4 nitrogen and oxygen atoms in total. The normalized spacial score (nSPS) is 20.7. The van der Waals surface area contributed by atoms with E-state index in [4.69, 9.17) is 5.11 Å². The molecule has 1 fully saturated rings. The molecule has 0 aromatic carbocycles. The lowest BCUT2D eigenvalue weighted by Gasteiger charge is -2.19. The van der Waals surface area contributed by atoms with E-state index in [0.717, 1.165) is 24.5 Å². The molecule has 0 saturated carbocycles. The summed E-state index contributed by atoms with van der Waals surface area (Å²) in [5.74, 6) is -0.282. The van der Waals surface area contributed by atoms with Gasteiger partial charge < -0.3 is 10.0 Å². The highest BCUT2D eigenvalue weighted by Crippen LogP contribution is 2.32. The molecule has 88 valence electrons. The molecule has 16 heavy (non-hydrogen) atoms. The Labute approximate surface area is 98.9 Å². The lowest BCUT2D eigenvalue weighted by molar-refractivity contribution is -0.138. The summed E-state index contributed by atoms with van der Waals surface area (Å²) in [5, 5.41) is 9.95. The van der Waals surface area contributed by atoms with Crippen LogP contribution in [0.1, 0.15) is 37.5 Å². The molecule has 1 atom stereocenters. The zero-order chi connectivity index (χ0) is 11.7. The molecular weight excluding hydrogens is 224 g/mol. The monoisotopic (exact) mass is 240 g/mol. The average Bonchev–Trinajstić information content (AvgIpc) is 2.86. The Bertz CT molecular complexity index is 389. The summed E-state index contributed by atoms with van der Waals surface area (Å²) < 4.78 is 0. The second kappa shape index (κ2) is 4.41. The Morgan fingerprint density at radius 1 is 1.69 bits per heavy atom. The topological polar surface area (TPSA) is 53.4 Å². The molecule has 1 aliphatic rings. The SMILES string of the molecule is CC(C)c1cnc(N2CCCC2C(=O)O)s1. The second-order valence-electron chi connectivity index (χ2n) is 4.39. The third-order valence-electron chi connectivity index (χ3n) is 2.86. The fourth-order valence-electron chi connectivity index (χ4n) is 1.93. The van der Waals surface area contributed by atoms with Gasteiger partial charge in [0.2, 0.25) is 0 Å². The van der Waals surface area contributed by atoms with Gasteiger partial charge in [-0.25, -0.2) is 9.78 Å². The van der Waals surface area contributed by atoms with Crippen LogP contribution in [0.5, 0.6) is 0 Å². The molecule has 5 heteroatoms. The lowest BCUT2D eigenvalue weighted by Crippen LogP contribution is -2.35. The van der Waals surface area contributed by atoms with E-state index >= 15 is 0 Å². The third-order valence-corrected chi connectivity index (χ3v) is 4.20. The summed E-state index contributed by atoms with van der Waals surface area (Å²) in [6.45, 7) is 5.05. The van der Waals surface area contributed by atoms with Crippen LogP contribution in [0.25, 0.3) is 0 Å². The van der Waals surface area contributed by atoms with Crippen molar-refractivity contribution < 1.29 is 9.90 Å². The first-order chi connectivity index (χ1) is 7.59. The number of anilines is 1. The summed E-state index contributed by atoms with van der Waals surface area (Å²) in [7, 11) is 0. The van der Waals surface area contributed by atoms with E-state index in [1.165, 1.54) is 4.88 Å². The maximum atomic E-state index is 11.1. The Hall–Kier alpha value is -1.10. The average molecular weight is 240 g/mol. The van der Waals surface area contributed by atoms with Crippen LogP contribution in [0.4, 0.5) is 5.13 Å². The van der Waals surface area contributed by atoms with Gasteiger partial charge in [-0.1, -0.05) is 13.8 Å². The Balaban J connectivity index is 2.19. The van der Waals surface area contributed by atoms with Crippen molar-refractivity contribution in [1.29, 1.82) is 0 Å². The van der Waals surface area contributed by atoms with Gasteiger partial charge in [-0.05, 0) is 18.8 Å². The summed E-state index contributed by atoms with van der Waals surface area (Å²) in [4.78, 5) is 18.5. The van der Waals surface area contributed by atoms with E-state index in [9.17, 15) is 4.79 Å². The number of thiazole rings is 1. The number of carbonyl (C=O) groups is 1. The summed E-state index contributed by atoms with van der Waals surface area (Å²) >= 11 is 1.61. The first kappa shape index (κ1) is 11.4. The number of hydrogen-bond acceptors (Lipinski definition) is 4. The third kappa shape index (κ3) is 2.04. The van der Waals surface area contributed by atoms with E-state index in [2.05, 4.69) is 18.8 Å². The van der Waals surface area contributed by atoms with Crippen molar-refractivity contribution in [3.8, 4) is 0 Å². The fourth-order valence-corrected chi connectivity index (χ4v) is 2.92. The predicted molar refractivity (Wildman–Crippen MR) is 64.2 cm³/mol. The van der Waals surface area contributed by atoms with E-state index < -0.39 is 5.97 Å². The summed E-state index contributed by atoms with van der Waals surface area (Å²) in [6, 6.07) is -0.383. The lowest BCUT2D eigenvalue weighted by atomic mass is 10.2. The van der Waals surface area contributed by atoms with Crippen molar-refractivity contribution in [2.24, 2.45) is 0 Å². The van der Waals surface area contributed by atoms with Crippen molar-refractivity contribution in [1.82, 2.24) is 4.98 Å².